The van der Waals surface area contributed by atoms with Crippen LogP contribution in [0, 0.1) is 23.7 Å². The molecule has 2 saturated carbocycles. The predicted octanol–water partition coefficient (Wildman–Crippen LogP) is 1.90. The van der Waals surface area contributed by atoms with Crippen LogP contribution < -0.4 is 0 Å². The number of piperidine rings is 1. The topological polar surface area (TPSA) is 37.4 Å². The van der Waals surface area contributed by atoms with Crippen molar-refractivity contribution in [2.75, 3.05) is 20.1 Å². The van der Waals surface area contributed by atoms with E-state index in [-0.39, 0.29) is 17.5 Å². The third kappa shape index (κ3) is 2.51. The fraction of sp³-hybridized carbons (Fsp3) is 0.867. The largest absolute Gasteiger partial charge is 0.306 e. The van der Waals surface area contributed by atoms with E-state index in [0.717, 1.165) is 25.9 Å². The third-order valence-corrected chi connectivity index (χ3v) is 5.06. The average molecular weight is 249 g/mol. The van der Waals surface area contributed by atoms with Crippen molar-refractivity contribution in [1.29, 1.82) is 0 Å². The Morgan fingerprint density at radius 2 is 2.06 bits per heavy atom. The van der Waals surface area contributed by atoms with Crippen LogP contribution in [0.3, 0.4) is 0 Å². The highest BCUT2D eigenvalue weighted by atomic mass is 16.1. The van der Waals surface area contributed by atoms with Gasteiger partial charge in [0.05, 0.1) is 5.92 Å². The molecular formula is C15H23NO2. The number of nitrogens with zero attached hydrogens (tertiary/aromatic N) is 1. The summed E-state index contributed by atoms with van der Waals surface area (Å²) < 4.78 is 0. The maximum atomic E-state index is 12.2. The first kappa shape index (κ1) is 12.3. The minimum atomic E-state index is -0.252. The highest BCUT2D eigenvalue weighted by Crippen LogP contribution is 2.40. The van der Waals surface area contributed by atoms with E-state index >= 15 is 0 Å². The molecule has 3 nitrogen and oxygen atoms in total. The molecule has 18 heavy (non-hydrogen) atoms. The van der Waals surface area contributed by atoms with Crippen molar-refractivity contribution in [3.63, 3.8) is 0 Å². The molecule has 1 aliphatic heterocycles. The average Bonchev–Trinajstić information content (AvgIpc) is 3.12. The Labute approximate surface area is 109 Å². The van der Waals surface area contributed by atoms with Gasteiger partial charge < -0.3 is 4.90 Å². The molecule has 3 fully saturated rings. The van der Waals surface area contributed by atoms with Gasteiger partial charge in [0.15, 0.2) is 0 Å². The molecule has 0 radical (unpaired) electrons. The first-order chi connectivity index (χ1) is 8.63. The first-order valence-electron chi connectivity index (χ1n) is 7.37. The number of Topliss-reactive ketones (excluding diaryl/α,β-unsaturated/α-hetero) is 2. The van der Waals surface area contributed by atoms with Gasteiger partial charge in [-0.1, -0.05) is 0 Å². The van der Waals surface area contributed by atoms with E-state index in [1.165, 1.54) is 12.8 Å². The van der Waals surface area contributed by atoms with Crippen LogP contribution in [0.5, 0.6) is 0 Å². The second-order valence-corrected chi connectivity index (χ2v) is 6.64. The summed E-state index contributed by atoms with van der Waals surface area (Å²) in [4.78, 5) is 26.7. The van der Waals surface area contributed by atoms with Gasteiger partial charge in [-0.05, 0) is 57.0 Å². The van der Waals surface area contributed by atoms with Gasteiger partial charge in [0.2, 0.25) is 0 Å². The van der Waals surface area contributed by atoms with E-state index in [4.69, 9.17) is 0 Å². The van der Waals surface area contributed by atoms with E-state index < -0.39 is 0 Å². The smallest absolute Gasteiger partial charge is 0.143 e. The Balaban J connectivity index is 1.64. The summed E-state index contributed by atoms with van der Waals surface area (Å²) in [7, 11) is 2.15. The lowest BCUT2D eigenvalue weighted by Gasteiger charge is -2.41. The minimum Gasteiger partial charge on any atom is -0.306 e. The Morgan fingerprint density at radius 3 is 2.78 bits per heavy atom. The first-order valence-corrected chi connectivity index (χ1v) is 7.37. The van der Waals surface area contributed by atoms with Crippen LogP contribution >= 0.6 is 0 Å². The van der Waals surface area contributed by atoms with Gasteiger partial charge in [-0.3, -0.25) is 9.59 Å². The quantitative estimate of drug-likeness (QED) is 0.717. The van der Waals surface area contributed by atoms with Gasteiger partial charge >= 0.3 is 0 Å². The zero-order chi connectivity index (χ0) is 12.7. The molecule has 3 aliphatic rings. The Bertz CT molecular complexity index is 362. The van der Waals surface area contributed by atoms with Crippen LogP contribution in [0.15, 0.2) is 0 Å². The molecule has 0 aromatic heterocycles. The molecule has 0 amide bonds. The zero-order valence-corrected chi connectivity index (χ0v) is 11.2. The lowest BCUT2D eigenvalue weighted by atomic mass is 9.69. The number of hydrogen-bond donors (Lipinski definition) is 0. The van der Waals surface area contributed by atoms with Gasteiger partial charge in [-0.15, -0.1) is 0 Å². The second-order valence-electron chi connectivity index (χ2n) is 6.64. The molecular weight excluding hydrogens is 226 g/mol. The van der Waals surface area contributed by atoms with Crippen LogP contribution in [-0.4, -0.2) is 36.6 Å². The summed E-state index contributed by atoms with van der Waals surface area (Å²) in [6.45, 7) is 2.18. The maximum Gasteiger partial charge on any atom is 0.143 e. The van der Waals surface area contributed by atoms with Crippen molar-refractivity contribution < 1.29 is 9.59 Å². The van der Waals surface area contributed by atoms with Gasteiger partial charge in [-0.25, -0.2) is 0 Å². The number of carbonyl (C=O) groups excluding carboxylic acids is 2. The van der Waals surface area contributed by atoms with E-state index in [1.54, 1.807) is 0 Å². The van der Waals surface area contributed by atoms with E-state index in [2.05, 4.69) is 11.9 Å². The van der Waals surface area contributed by atoms with Crippen molar-refractivity contribution in [3.8, 4) is 0 Å². The Kier molecular flexibility index (Phi) is 3.27. The number of likely N-dealkylation sites (tertiary alicyclic amines) is 1. The molecule has 0 aromatic rings. The van der Waals surface area contributed by atoms with Gasteiger partial charge in [-0.2, -0.15) is 0 Å². The van der Waals surface area contributed by atoms with Gasteiger partial charge in [0, 0.05) is 19.4 Å². The van der Waals surface area contributed by atoms with Crippen LogP contribution in [0.1, 0.15) is 38.5 Å². The maximum absolute atomic E-state index is 12.2. The van der Waals surface area contributed by atoms with Crippen molar-refractivity contribution in [1.82, 2.24) is 4.90 Å². The minimum absolute atomic E-state index is 0.242. The molecule has 3 unspecified atom stereocenters. The van der Waals surface area contributed by atoms with E-state index in [0.29, 0.717) is 30.6 Å². The summed E-state index contributed by atoms with van der Waals surface area (Å²) >= 11 is 0. The summed E-state index contributed by atoms with van der Waals surface area (Å²) in [6.07, 6.45) is 5.70. The van der Waals surface area contributed by atoms with E-state index in [1.807, 2.05) is 0 Å². The lowest BCUT2D eigenvalue weighted by molar-refractivity contribution is -0.138. The van der Waals surface area contributed by atoms with Crippen molar-refractivity contribution >= 4 is 11.6 Å². The fourth-order valence-electron chi connectivity index (χ4n) is 3.69. The normalized spacial score (nSPS) is 37.4. The molecule has 1 saturated heterocycles. The standard InChI is InChI=1S/C15H23NO2/c1-16-5-4-11-8-15(18)13(7-12(11)9-16)14(17)6-10-2-3-10/h10-13H,2-9H2,1H3. The summed E-state index contributed by atoms with van der Waals surface area (Å²) in [5.74, 6) is 1.98. The van der Waals surface area contributed by atoms with Gasteiger partial charge in [0.1, 0.15) is 11.6 Å². The van der Waals surface area contributed by atoms with Gasteiger partial charge in [0.25, 0.3) is 0 Å². The molecule has 0 N–H and O–H groups in total. The summed E-state index contributed by atoms with van der Waals surface area (Å²) in [6, 6.07) is 0. The summed E-state index contributed by atoms with van der Waals surface area (Å²) in [5, 5.41) is 0. The molecule has 2 aliphatic carbocycles. The monoisotopic (exact) mass is 249 g/mol. The Morgan fingerprint density at radius 1 is 1.28 bits per heavy atom. The van der Waals surface area contributed by atoms with Crippen molar-refractivity contribution in [3.05, 3.63) is 0 Å². The molecule has 0 aromatic carbocycles. The number of hydrogen-bond acceptors (Lipinski definition) is 3. The molecule has 0 spiro atoms. The van der Waals surface area contributed by atoms with Crippen molar-refractivity contribution in [2.24, 2.45) is 23.7 Å². The number of fused-ring (bicyclic) bond motifs is 1. The Hall–Kier alpha value is -0.700. The van der Waals surface area contributed by atoms with Crippen LogP contribution in [0.25, 0.3) is 0 Å². The number of ketones is 2. The SMILES string of the molecule is CN1CCC2CC(=O)C(C(=O)CC3CC3)CC2C1. The predicted molar refractivity (Wildman–Crippen MR) is 69.2 cm³/mol. The van der Waals surface area contributed by atoms with E-state index in [9.17, 15) is 9.59 Å². The highest BCUT2D eigenvalue weighted by molar-refractivity contribution is 6.03. The molecule has 0 bridgehead atoms. The second kappa shape index (κ2) is 4.76. The van der Waals surface area contributed by atoms with Crippen LogP contribution in [-0.2, 0) is 9.59 Å². The fourth-order valence-corrected chi connectivity index (χ4v) is 3.69. The number of rotatable bonds is 3. The molecule has 1 heterocycles. The van der Waals surface area contributed by atoms with Crippen molar-refractivity contribution in [2.45, 2.75) is 38.5 Å². The van der Waals surface area contributed by atoms with Crippen LogP contribution in [0.4, 0.5) is 0 Å². The highest BCUT2D eigenvalue weighted by Gasteiger charge is 2.42. The molecule has 100 valence electrons. The van der Waals surface area contributed by atoms with Crippen LogP contribution in [0.2, 0.25) is 0 Å². The molecule has 3 heteroatoms. The molecule has 3 rings (SSSR count). The molecule has 3 atom stereocenters. The zero-order valence-electron chi connectivity index (χ0n) is 11.2. The number of carbonyl (C=O) groups is 2. The third-order valence-electron chi connectivity index (χ3n) is 5.06. The summed E-state index contributed by atoms with van der Waals surface area (Å²) in [5.41, 5.74) is 0. The lowest BCUT2D eigenvalue weighted by Crippen LogP contribution is -2.45.